The highest BCUT2D eigenvalue weighted by Gasteiger charge is 2.28. The Bertz CT molecular complexity index is 582. The summed E-state index contributed by atoms with van der Waals surface area (Å²) in [7, 11) is 0. The number of hydrogen-bond donors (Lipinski definition) is 1. The molecule has 0 bridgehead atoms. The maximum atomic E-state index is 4.38. The summed E-state index contributed by atoms with van der Waals surface area (Å²) in [5.41, 5.74) is 3.80. The van der Waals surface area contributed by atoms with Gasteiger partial charge in [0.1, 0.15) is 0 Å². The van der Waals surface area contributed by atoms with Gasteiger partial charge in [-0.3, -0.25) is 4.98 Å². The number of rotatable bonds is 3. The maximum absolute atomic E-state index is 4.38. The summed E-state index contributed by atoms with van der Waals surface area (Å²) in [6.45, 7) is 6.36. The summed E-state index contributed by atoms with van der Waals surface area (Å²) in [6, 6.07) is 13.9. The fourth-order valence-electron chi connectivity index (χ4n) is 3.05. The number of piperazine rings is 1. The van der Waals surface area contributed by atoms with Gasteiger partial charge in [0.05, 0.1) is 17.9 Å². The van der Waals surface area contributed by atoms with Crippen molar-refractivity contribution in [3.05, 3.63) is 59.9 Å². The number of aromatic nitrogens is 1. The van der Waals surface area contributed by atoms with E-state index in [1.807, 2.05) is 12.4 Å². The molecule has 1 aliphatic rings. The van der Waals surface area contributed by atoms with E-state index in [0.717, 1.165) is 19.5 Å². The average Bonchev–Trinajstić information content (AvgIpc) is 2.55. The number of aryl methyl sites for hydroxylation is 1. The van der Waals surface area contributed by atoms with Crippen LogP contribution in [0.4, 0.5) is 5.69 Å². The van der Waals surface area contributed by atoms with E-state index < -0.39 is 0 Å². The van der Waals surface area contributed by atoms with Gasteiger partial charge in [0.25, 0.3) is 0 Å². The monoisotopic (exact) mass is 281 g/mol. The van der Waals surface area contributed by atoms with Gasteiger partial charge in [-0.25, -0.2) is 0 Å². The Morgan fingerprint density at radius 1 is 1.24 bits per heavy atom. The Morgan fingerprint density at radius 2 is 2.05 bits per heavy atom. The van der Waals surface area contributed by atoms with Crippen LogP contribution in [0.5, 0.6) is 0 Å². The lowest BCUT2D eigenvalue weighted by atomic mass is 9.99. The molecule has 21 heavy (non-hydrogen) atoms. The highest BCUT2D eigenvalue weighted by Crippen LogP contribution is 2.29. The largest absolute Gasteiger partial charge is 0.360 e. The van der Waals surface area contributed by atoms with E-state index in [1.54, 1.807) is 0 Å². The van der Waals surface area contributed by atoms with E-state index in [0.29, 0.717) is 12.1 Å². The summed E-state index contributed by atoms with van der Waals surface area (Å²) < 4.78 is 0. The standard InChI is InChI=1S/C18H23N3/c1-3-16-13-21(17-9-14(2)10-19-11-17)18(12-20-16)15-7-5-4-6-8-15/h4-11,16,18,20H,3,12-13H2,1-2H3. The summed E-state index contributed by atoms with van der Waals surface area (Å²) in [5, 5.41) is 3.67. The van der Waals surface area contributed by atoms with Gasteiger partial charge in [0, 0.05) is 25.3 Å². The van der Waals surface area contributed by atoms with Gasteiger partial charge in [-0.05, 0) is 30.5 Å². The van der Waals surface area contributed by atoms with Gasteiger partial charge in [-0.1, -0.05) is 37.3 Å². The van der Waals surface area contributed by atoms with E-state index in [1.165, 1.54) is 16.8 Å². The second kappa shape index (κ2) is 6.27. The molecule has 2 atom stereocenters. The lowest BCUT2D eigenvalue weighted by Gasteiger charge is -2.42. The van der Waals surface area contributed by atoms with Crippen LogP contribution in [0.2, 0.25) is 0 Å². The van der Waals surface area contributed by atoms with Crippen molar-refractivity contribution >= 4 is 5.69 Å². The van der Waals surface area contributed by atoms with Gasteiger partial charge < -0.3 is 10.2 Å². The van der Waals surface area contributed by atoms with Crippen molar-refractivity contribution in [3.63, 3.8) is 0 Å². The van der Waals surface area contributed by atoms with E-state index in [9.17, 15) is 0 Å². The van der Waals surface area contributed by atoms with E-state index in [4.69, 9.17) is 0 Å². The molecular weight excluding hydrogens is 258 g/mol. The Labute approximate surface area is 127 Å². The molecule has 0 amide bonds. The number of nitrogens with one attached hydrogen (secondary N) is 1. The van der Waals surface area contributed by atoms with Crippen LogP contribution in [-0.2, 0) is 0 Å². The fourth-order valence-corrected chi connectivity index (χ4v) is 3.05. The first-order valence-electron chi connectivity index (χ1n) is 7.74. The molecule has 1 fully saturated rings. The Balaban J connectivity index is 1.94. The molecule has 1 aromatic carbocycles. The zero-order chi connectivity index (χ0) is 14.7. The molecule has 1 N–H and O–H groups in total. The summed E-state index contributed by atoms with van der Waals surface area (Å²) in [5.74, 6) is 0. The van der Waals surface area contributed by atoms with Gasteiger partial charge in [0.15, 0.2) is 0 Å². The highest BCUT2D eigenvalue weighted by atomic mass is 15.2. The third-order valence-electron chi connectivity index (χ3n) is 4.26. The second-order valence-electron chi connectivity index (χ2n) is 5.81. The van der Waals surface area contributed by atoms with Crippen LogP contribution in [0.15, 0.2) is 48.8 Å². The van der Waals surface area contributed by atoms with Crippen LogP contribution < -0.4 is 10.2 Å². The Kier molecular flexibility index (Phi) is 4.20. The lowest BCUT2D eigenvalue weighted by Crippen LogP contribution is -2.52. The van der Waals surface area contributed by atoms with Crippen molar-refractivity contribution in [1.29, 1.82) is 0 Å². The molecule has 0 radical (unpaired) electrons. The molecule has 0 spiro atoms. The van der Waals surface area contributed by atoms with E-state index in [2.05, 4.69) is 65.4 Å². The van der Waals surface area contributed by atoms with E-state index >= 15 is 0 Å². The Morgan fingerprint density at radius 3 is 2.76 bits per heavy atom. The van der Waals surface area contributed by atoms with Crippen LogP contribution >= 0.6 is 0 Å². The molecule has 1 aromatic heterocycles. The minimum atomic E-state index is 0.373. The van der Waals surface area contributed by atoms with Crippen LogP contribution in [0.1, 0.15) is 30.5 Å². The third-order valence-corrected chi connectivity index (χ3v) is 4.26. The summed E-state index contributed by atoms with van der Waals surface area (Å²) >= 11 is 0. The molecule has 1 saturated heterocycles. The van der Waals surface area contributed by atoms with Gasteiger partial charge in [0.2, 0.25) is 0 Å². The molecule has 0 saturated carbocycles. The zero-order valence-electron chi connectivity index (χ0n) is 12.8. The van der Waals surface area contributed by atoms with Crippen LogP contribution in [0.25, 0.3) is 0 Å². The number of nitrogens with zero attached hydrogens (tertiary/aromatic N) is 2. The first-order chi connectivity index (χ1) is 10.3. The van der Waals surface area contributed by atoms with Crippen molar-refractivity contribution in [2.24, 2.45) is 0 Å². The molecule has 1 aliphatic heterocycles. The smallest absolute Gasteiger partial charge is 0.0668 e. The van der Waals surface area contributed by atoms with Crippen molar-refractivity contribution in [2.45, 2.75) is 32.4 Å². The molecule has 2 unspecified atom stereocenters. The zero-order valence-corrected chi connectivity index (χ0v) is 12.8. The normalized spacial score (nSPS) is 22.3. The molecule has 0 aliphatic carbocycles. The molecule has 3 heteroatoms. The number of hydrogen-bond acceptors (Lipinski definition) is 3. The molecule has 3 nitrogen and oxygen atoms in total. The third kappa shape index (κ3) is 3.08. The first-order valence-corrected chi connectivity index (χ1v) is 7.74. The predicted octanol–water partition coefficient (Wildman–Crippen LogP) is 3.32. The first kappa shape index (κ1) is 14.1. The fraction of sp³-hybridized carbons (Fsp3) is 0.389. The van der Waals surface area contributed by atoms with Crippen LogP contribution in [-0.4, -0.2) is 24.1 Å². The maximum Gasteiger partial charge on any atom is 0.0668 e. The minimum absolute atomic E-state index is 0.373. The van der Waals surface area contributed by atoms with Gasteiger partial charge >= 0.3 is 0 Å². The van der Waals surface area contributed by atoms with E-state index in [-0.39, 0.29) is 0 Å². The SMILES string of the molecule is CCC1CN(c2cncc(C)c2)C(c2ccccc2)CN1. The van der Waals surface area contributed by atoms with Crippen molar-refractivity contribution in [2.75, 3.05) is 18.0 Å². The van der Waals surface area contributed by atoms with Crippen molar-refractivity contribution in [3.8, 4) is 0 Å². The van der Waals surface area contributed by atoms with Crippen molar-refractivity contribution in [1.82, 2.24) is 10.3 Å². The average molecular weight is 281 g/mol. The summed E-state index contributed by atoms with van der Waals surface area (Å²) in [4.78, 5) is 6.88. The molecule has 2 heterocycles. The van der Waals surface area contributed by atoms with Gasteiger partial charge in [-0.15, -0.1) is 0 Å². The lowest BCUT2D eigenvalue weighted by molar-refractivity contribution is 0.390. The van der Waals surface area contributed by atoms with Crippen LogP contribution in [0, 0.1) is 6.92 Å². The second-order valence-corrected chi connectivity index (χ2v) is 5.81. The molecule has 110 valence electrons. The molecule has 3 rings (SSSR count). The minimum Gasteiger partial charge on any atom is -0.360 e. The summed E-state index contributed by atoms with van der Waals surface area (Å²) in [6.07, 6.45) is 5.05. The Hall–Kier alpha value is -1.87. The number of anilines is 1. The quantitative estimate of drug-likeness (QED) is 0.935. The highest BCUT2D eigenvalue weighted by molar-refractivity contribution is 5.49. The van der Waals surface area contributed by atoms with Crippen LogP contribution in [0.3, 0.4) is 0 Å². The topological polar surface area (TPSA) is 28.2 Å². The van der Waals surface area contributed by atoms with Crippen molar-refractivity contribution < 1.29 is 0 Å². The van der Waals surface area contributed by atoms with Gasteiger partial charge in [-0.2, -0.15) is 0 Å². The molecule has 2 aromatic rings. The molecular formula is C18H23N3. The number of pyridine rings is 1. The number of benzene rings is 1. The predicted molar refractivity (Wildman–Crippen MR) is 87.6 cm³/mol.